The Balaban J connectivity index is 1.69. The van der Waals surface area contributed by atoms with Gasteiger partial charge in [-0.25, -0.2) is 0 Å². The molecule has 2 heteroatoms. The number of rotatable bonds is 6. The highest BCUT2D eigenvalue weighted by Crippen LogP contribution is 2.41. The fourth-order valence-electron chi connectivity index (χ4n) is 2.85. The Kier molecular flexibility index (Phi) is 4.26. The van der Waals surface area contributed by atoms with E-state index in [1.807, 2.05) is 0 Å². The van der Waals surface area contributed by atoms with Crippen molar-refractivity contribution in [3.05, 3.63) is 65.2 Å². The summed E-state index contributed by atoms with van der Waals surface area (Å²) in [5.74, 6) is 1.70. The maximum absolute atomic E-state index is 5.25. The molecule has 0 bridgehead atoms. The summed E-state index contributed by atoms with van der Waals surface area (Å²) in [6.07, 6.45) is 2.66. The van der Waals surface area contributed by atoms with Crippen molar-refractivity contribution in [2.24, 2.45) is 5.92 Å². The maximum Gasteiger partial charge on any atom is 0.118 e. The lowest BCUT2D eigenvalue weighted by molar-refractivity contribution is 0.413. The Bertz CT molecular complexity index is 587. The molecule has 1 atom stereocenters. The summed E-state index contributed by atoms with van der Waals surface area (Å²) in [4.78, 5) is 0. The summed E-state index contributed by atoms with van der Waals surface area (Å²) in [7, 11) is 1.71. The normalized spacial score (nSPS) is 15.7. The van der Waals surface area contributed by atoms with Crippen LogP contribution in [0.25, 0.3) is 0 Å². The van der Waals surface area contributed by atoms with Gasteiger partial charge < -0.3 is 10.1 Å². The van der Waals surface area contributed by atoms with E-state index in [2.05, 4.69) is 60.8 Å². The summed E-state index contributed by atoms with van der Waals surface area (Å²) < 4.78 is 5.25. The second kappa shape index (κ2) is 6.31. The van der Waals surface area contributed by atoms with E-state index in [9.17, 15) is 0 Å². The van der Waals surface area contributed by atoms with E-state index in [-0.39, 0.29) is 0 Å². The van der Waals surface area contributed by atoms with Gasteiger partial charge >= 0.3 is 0 Å². The van der Waals surface area contributed by atoms with Gasteiger partial charge in [0.1, 0.15) is 5.75 Å². The zero-order chi connectivity index (χ0) is 14.7. The highest BCUT2D eigenvalue weighted by molar-refractivity contribution is 5.30. The van der Waals surface area contributed by atoms with Crippen LogP contribution in [0.1, 0.15) is 35.6 Å². The molecule has 2 nitrogen and oxygen atoms in total. The molecule has 2 aromatic rings. The molecule has 1 aliphatic carbocycles. The van der Waals surface area contributed by atoms with Crippen LogP contribution in [0, 0.1) is 12.8 Å². The summed E-state index contributed by atoms with van der Waals surface area (Å²) in [6.45, 7) is 3.07. The van der Waals surface area contributed by atoms with Gasteiger partial charge in [-0.1, -0.05) is 42.0 Å². The van der Waals surface area contributed by atoms with Gasteiger partial charge in [0.15, 0.2) is 0 Å². The van der Waals surface area contributed by atoms with Gasteiger partial charge in [0.25, 0.3) is 0 Å². The molecule has 0 aliphatic heterocycles. The second-order valence-corrected chi connectivity index (χ2v) is 5.96. The van der Waals surface area contributed by atoms with E-state index < -0.39 is 0 Å². The van der Waals surface area contributed by atoms with Crippen LogP contribution < -0.4 is 10.1 Å². The first-order valence-electron chi connectivity index (χ1n) is 7.69. The van der Waals surface area contributed by atoms with Crippen molar-refractivity contribution in [3.8, 4) is 5.75 Å². The van der Waals surface area contributed by atoms with Crippen molar-refractivity contribution < 1.29 is 4.74 Å². The smallest absolute Gasteiger partial charge is 0.118 e. The molecule has 2 aromatic carbocycles. The van der Waals surface area contributed by atoms with Crippen molar-refractivity contribution in [2.75, 3.05) is 7.11 Å². The monoisotopic (exact) mass is 281 g/mol. The molecule has 1 fully saturated rings. The van der Waals surface area contributed by atoms with Crippen molar-refractivity contribution in [2.45, 2.75) is 32.4 Å². The highest BCUT2D eigenvalue weighted by atomic mass is 16.5. The average molecular weight is 281 g/mol. The van der Waals surface area contributed by atoms with Crippen LogP contribution in [0.5, 0.6) is 5.75 Å². The maximum atomic E-state index is 5.25. The zero-order valence-corrected chi connectivity index (χ0v) is 12.8. The number of ether oxygens (including phenoxy) is 1. The summed E-state index contributed by atoms with van der Waals surface area (Å²) in [5, 5.41) is 3.74. The standard InChI is InChI=1S/C19H23NO/c1-14-4-3-5-15(12-14)13-20-19(16-6-7-16)17-8-10-18(21-2)11-9-17/h3-5,8-12,16,19-20H,6-7,13H2,1-2H3. The van der Waals surface area contributed by atoms with Crippen LogP contribution in [0.3, 0.4) is 0 Å². The second-order valence-electron chi connectivity index (χ2n) is 5.96. The minimum absolute atomic E-state index is 0.455. The number of methoxy groups -OCH3 is 1. The first-order chi connectivity index (χ1) is 10.3. The summed E-state index contributed by atoms with van der Waals surface area (Å²) >= 11 is 0. The number of hydrogen-bond acceptors (Lipinski definition) is 2. The Morgan fingerprint density at radius 2 is 1.90 bits per heavy atom. The highest BCUT2D eigenvalue weighted by Gasteiger charge is 2.31. The average Bonchev–Trinajstić information content (AvgIpc) is 3.33. The quantitative estimate of drug-likeness (QED) is 0.855. The first kappa shape index (κ1) is 14.2. The minimum atomic E-state index is 0.455. The fourth-order valence-corrected chi connectivity index (χ4v) is 2.85. The van der Waals surface area contributed by atoms with Gasteiger partial charge in [-0.05, 0) is 48.9 Å². The Hall–Kier alpha value is -1.80. The number of hydrogen-bond donors (Lipinski definition) is 1. The van der Waals surface area contributed by atoms with E-state index in [1.165, 1.54) is 29.5 Å². The van der Waals surface area contributed by atoms with E-state index in [4.69, 9.17) is 4.74 Å². The predicted octanol–water partition coefficient (Wildman–Crippen LogP) is 4.24. The van der Waals surface area contributed by atoms with Gasteiger partial charge in [0.05, 0.1) is 7.11 Å². The van der Waals surface area contributed by atoms with Gasteiger partial charge in [-0.2, -0.15) is 0 Å². The summed E-state index contributed by atoms with van der Waals surface area (Å²) in [6, 6.07) is 17.7. The largest absolute Gasteiger partial charge is 0.497 e. The molecule has 1 N–H and O–H groups in total. The first-order valence-corrected chi connectivity index (χ1v) is 7.69. The van der Waals surface area contributed by atoms with Gasteiger partial charge in [0.2, 0.25) is 0 Å². The molecular weight excluding hydrogens is 258 g/mol. The number of nitrogens with one attached hydrogen (secondary N) is 1. The van der Waals surface area contributed by atoms with Gasteiger partial charge in [-0.3, -0.25) is 0 Å². The van der Waals surface area contributed by atoms with E-state index >= 15 is 0 Å². The zero-order valence-electron chi connectivity index (χ0n) is 12.8. The molecule has 110 valence electrons. The van der Waals surface area contributed by atoms with Crippen molar-refractivity contribution in [1.29, 1.82) is 0 Å². The lowest BCUT2D eigenvalue weighted by Crippen LogP contribution is -2.22. The Morgan fingerprint density at radius 3 is 2.52 bits per heavy atom. The van der Waals surface area contributed by atoms with Crippen LogP contribution >= 0.6 is 0 Å². The molecule has 0 heterocycles. The van der Waals surface area contributed by atoms with Gasteiger partial charge in [0, 0.05) is 12.6 Å². The van der Waals surface area contributed by atoms with Crippen LogP contribution in [0.4, 0.5) is 0 Å². The molecule has 0 saturated heterocycles. The molecule has 21 heavy (non-hydrogen) atoms. The van der Waals surface area contributed by atoms with Crippen LogP contribution in [-0.4, -0.2) is 7.11 Å². The third-order valence-corrected chi connectivity index (χ3v) is 4.18. The third kappa shape index (κ3) is 3.64. The molecule has 0 aromatic heterocycles. The van der Waals surface area contributed by atoms with Crippen LogP contribution in [0.2, 0.25) is 0 Å². The van der Waals surface area contributed by atoms with Crippen LogP contribution in [0.15, 0.2) is 48.5 Å². The molecule has 0 amide bonds. The fraction of sp³-hybridized carbons (Fsp3) is 0.368. The van der Waals surface area contributed by atoms with Crippen LogP contribution in [-0.2, 0) is 6.54 Å². The molecule has 1 saturated carbocycles. The van der Waals surface area contributed by atoms with Crippen molar-refractivity contribution >= 4 is 0 Å². The molecule has 3 rings (SSSR count). The van der Waals surface area contributed by atoms with E-state index in [0.29, 0.717) is 6.04 Å². The molecule has 1 aliphatic rings. The Labute approximate surface area is 127 Å². The lowest BCUT2D eigenvalue weighted by atomic mass is 10.0. The summed E-state index contributed by atoms with van der Waals surface area (Å²) in [5.41, 5.74) is 4.04. The van der Waals surface area contributed by atoms with E-state index in [1.54, 1.807) is 7.11 Å². The molecular formula is C19H23NO. The number of benzene rings is 2. The van der Waals surface area contributed by atoms with Crippen molar-refractivity contribution in [3.63, 3.8) is 0 Å². The minimum Gasteiger partial charge on any atom is -0.497 e. The Morgan fingerprint density at radius 1 is 1.14 bits per heavy atom. The predicted molar refractivity (Wildman–Crippen MR) is 86.5 cm³/mol. The molecule has 1 unspecified atom stereocenters. The molecule has 0 radical (unpaired) electrons. The lowest BCUT2D eigenvalue weighted by Gasteiger charge is -2.19. The van der Waals surface area contributed by atoms with E-state index in [0.717, 1.165) is 18.2 Å². The third-order valence-electron chi connectivity index (χ3n) is 4.18. The SMILES string of the molecule is COc1ccc(C(NCc2cccc(C)c2)C2CC2)cc1. The molecule has 0 spiro atoms. The topological polar surface area (TPSA) is 21.3 Å². The number of aryl methyl sites for hydroxylation is 1. The van der Waals surface area contributed by atoms with Crippen molar-refractivity contribution in [1.82, 2.24) is 5.32 Å². The van der Waals surface area contributed by atoms with Gasteiger partial charge in [-0.15, -0.1) is 0 Å².